The molecule has 19 heavy (non-hydrogen) atoms. The molecule has 0 spiro atoms. The summed E-state index contributed by atoms with van der Waals surface area (Å²) in [6, 6.07) is 6.55. The monoisotopic (exact) mass is 276 g/mol. The molecule has 1 aromatic carbocycles. The first-order valence-corrected chi connectivity index (χ1v) is 6.14. The quantitative estimate of drug-likeness (QED) is 0.768. The van der Waals surface area contributed by atoms with E-state index in [0.717, 1.165) is 0 Å². The van der Waals surface area contributed by atoms with Gasteiger partial charge in [0.1, 0.15) is 5.75 Å². The zero-order chi connectivity index (χ0) is 14.5. The molecule has 0 aliphatic carbocycles. The lowest BCUT2D eigenvalue weighted by Crippen LogP contribution is -2.15. The van der Waals surface area contributed by atoms with Crippen molar-refractivity contribution in [3.05, 3.63) is 29.8 Å². The van der Waals surface area contributed by atoms with E-state index in [-0.39, 0.29) is 0 Å². The van der Waals surface area contributed by atoms with Crippen LogP contribution in [0.25, 0.3) is 0 Å². The maximum Gasteiger partial charge on any atom is 0.391 e. The summed E-state index contributed by atoms with van der Waals surface area (Å²) in [5.41, 5.74) is 0.497. The lowest BCUT2D eigenvalue weighted by atomic mass is 10.1. The minimum Gasteiger partial charge on any atom is -0.493 e. The summed E-state index contributed by atoms with van der Waals surface area (Å²) in [5.74, 6) is 1.05. The van der Waals surface area contributed by atoms with Crippen LogP contribution in [0.15, 0.2) is 24.3 Å². The van der Waals surface area contributed by atoms with Gasteiger partial charge in [-0.05, 0) is 23.6 Å². The minimum atomic E-state index is -4.24. The molecule has 108 valence electrons. The Hall–Kier alpha value is -1.23. The third kappa shape index (κ3) is 5.96. The van der Waals surface area contributed by atoms with Crippen LogP contribution in [0.4, 0.5) is 13.2 Å². The highest BCUT2D eigenvalue weighted by molar-refractivity contribution is 5.28. The fourth-order valence-electron chi connectivity index (χ4n) is 1.59. The van der Waals surface area contributed by atoms with Crippen molar-refractivity contribution >= 4 is 0 Å². The molecular weight excluding hydrogens is 257 g/mol. The van der Waals surface area contributed by atoms with Gasteiger partial charge in [0.25, 0.3) is 0 Å². The largest absolute Gasteiger partial charge is 0.493 e. The summed E-state index contributed by atoms with van der Waals surface area (Å²) in [6.07, 6.45) is -6.21. The Bertz CT molecular complexity index is 371. The number of benzene rings is 1. The smallest absolute Gasteiger partial charge is 0.391 e. The number of hydrogen-bond donors (Lipinski definition) is 0. The van der Waals surface area contributed by atoms with Gasteiger partial charge in [-0.2, -0.15) is 13.2 Å². The fraction of sp³-hybridized carbons (Fsp3) is 0.571. The van der Waals surface area contributed by atoms with Crippen LogP contribution < -0.4 is 4.74 Å². The van der Waals surface area contributed by atoms with Crippen LogP contribution >= 0.6 is 0 Å². The van der Waals surface area contributed by atoms with Crippen LogP contribution in [0.5, 0.6) is 5.75 Å². The van der Waals surface area contributed by atoms with Gasteiger partial charge >= 0.3 is 6.18 Å². The number of rotatable bonds is 6. The first kappa shape index (κ1) is 15.8. The molecule has 1 unspecified atom stereocenters. The van der Waals surface area contributed by atoms with Crippen LogP contribution in [-0.4, -0.2) is 19.9 Å². The summed E-state index contributed by atoms with van der Waals surface area (Å²) < 4.78 is 47.5. The topological polar surface area (TPSA) is 18.5 Å². The van der Waals surface area contributed by atoms with E-state index in [4.69, 9.17) is 9.47 Å². The maximum absolute atomic E-state index is 12.4. The van der Waals surface area contributed by atoms with E-state index < -0.39 is 18.7 Å². The average molecular weight is 276 g/mol. The van der Waals surface area contributed by atoms with Crippen molar-refractivity contribution in [2.45, 2.75) is 32.5 Å². The second-order valence-corrected chi connectivity index (χ2v) is 4.82. The van der Waals surface area contributed by atoms with Crippen LogP contribution in [0.2, 0.25) is 0 Å². The second-order valence-electron chi connectivity index (χ2n) is 4.82. The number of hydrogen-bond acceptors (Lipinski definition) is 2. The molecule has 0 aliphatic rings. The zero-order valence-electron chi connectivity index (χ0n) is 11.3. The Kier molecular flexibility index (Phi) is 5.66. The highest BCUT2D eigenvalue weighted by atomic mass is 19.4. The Morgan fingerprint density at radius 2 is 1.68 bits per heavy atom. The fourth-order valence-corrected chi connectivity index (χ4v) is 1.59. The minimum absolute atomic E-state index is 0.400. The molecule has 1 rings (SSSR count). The molecule has 5 heteroatoms. The Labute approximate surface area is 111 Å². The summed E-state index contributed by atoms with van der Waals surface area (Å²) in [4.78, 5) is 0. The first-order valence-electron chi connectivity index (χ1n) is 6.14. The molecule has 0 saturated carbocycles. The molecule has 0 aromatic heterocycles. The number of alkyl halides is 3. The SMILES string of the molecule is COC(CC(F)(F)F)c1ccc(OCC(C)C)cc1. The van der Waals surface area contributed by atoms with Crippen LogP contribution in [-0.2, 0) is 4.74 Å². The van der Waals surface area contributed by atoms with Gasteiger partial charge in [-0.25, -0.2) is 0 Å². The van der Waals surface area contributed by atoms with Gasteiger partial charge in [-0.1, -0.05) is 26.0 Å². The second kappa shape index (κ2) is 6.80. The van der Waals surface area contributed by atoms with Gasteiger partial charge in [0, 0.05) is 7.11 Å². The normalized spacial score (nSPS) is 13.6. The van der Waals surface area contributed by atoms with Crippen molar-refractivity contribution in [3.63, 3.8) is 0 Å². The molecule has 2 nitrogen and oxygen atoms in total. The van der Waals surface area contributed by atoms with Crippen molar-refractivity contribution < 1.29 is 22.6 Å². The van der Waals surface area contributed by atoms with Gasteiger partial charge in [-0.15, -0.1) is 0 Å². The Morgan fingerprint density at radius 1 is 1.11 bits per heavy atom. The molecule has 0 saturated heterocycles. The van der Waals surface area contributed by atoms with Crippen molar-refractivity contribution in [2.75, 3.05) is 13.7 Å². The van der Waals surface area contributed by atoms with E-state index >= 15 is 0 Å². The Morgan fingerprint density at radius 3 is 2.11 bits per heavy atom. The van der Waals surface area contributed by atoms with Crippen LogP contribution in [0.1, 0.15) is 31.9 Å². The molecule has 0 amide bonds. The molecule has 0 N–H and O–H groups in total. The molecular formula is C14H19F3O2. The summed E-state index contributed by atoms with van der Waals surface area (Å²) in [5, 5.41) is 0. The molecule has 0 bridgehead atoms. The van der Waals surface area contributed by atoms with Crippen LogP contribution in [0, 0.1) is 5.92 Å². The lowest BCUT2D eigenvalue weighted by Gasteiger charge is -2.18. The molecule has 0 aliphatic heterocycles. The van der Waals surface area contributed by atoms with Crippen molar-refractivity contribution in [2.24, 2.45) is 5.92 Å². The summed E-state index contributed by atoms with van der Waals surface area (Å²) in [7, 11) is 1.28. The van der Waals surface area contributed by atoms with Crippen molar-refractivity contribution in [1.82, 2.24) is 0 Å². The maximum atomic E-state index is 12.4. The predicted molar refractivity (Wildman–Crippen MR) is 67.2 cm³/mol. The van der Waals surface area contributed by atoms with Crippen molar-refractivity contribution in [3.8, 4) is 5.75 Å². The standard InChI is InChI=1S/C14H19F3O2/c1-10(2)9-19-12-6-4-11(5-7-12)13(18-3)8-14(15,16)17/h4-7,10,13H,8-9H2,1-3H3. The zero-order valence-corrected chi connectivity index (χ0v) is 11.3. The van der Waals surface area contributed by atoms with Gasteiger partial charge in [-0.3, -0.25) is 0 Å². The van der Waals surface area contributed by atoms with Crippen molar-refractivity contribution in [1.29, 1.82) is 0 Å². The number of halogens is 3. The van der Waals surface area contributed by atoms with Gasteiger partial charge in [0.2, 0.25) is 0 Å². The Balaban J connectivity index is 2.68. The van der Waals surface area contributed by atoms with E-state index in [9.17, 15) is 13.2 Å². The van der Waals surface area contributed by atoms with Gasteiger partial charge in [0.15, 0.2) is 0 Å². The summed E-state index contributed by atoms with van der Waals surface area (Å²) in [6.45, 7) is 4.63. The summed E-state index contributed by atoms with van der Waals surface area (Å²) >= 11 is 0. The van der Waals surface area contributed by atoms with Gasteiger partial charge in [0.05, 0.1) is 19.1 Å². The molecule has 0 heterocycles. The van der Waals surface area contributed by atoms with E-state index in [1.165, 1.54) is 7.11 Å². The van der Waals surface area contributed by atoms with Gasteiger partial charge < -0.3 is 9.47 Å². The highest BCUT2D eigenvalue weighted by Gasteiger charge is 2.32. The molecule has 1 atom stereocenters. The molecule has 0 fully saturated rings. The van der Waals surface area contributed by atoms with Crippen LogP contribution in [0.3, 0.4) is 0 Å². The number of ether oxygens (including phenoxy) is 2. The molecule has 1 aromatic rings. The highest BCUT2D eigenvalue weighted by Crippen LogP contribution is 2.32. The first-order chi connectivity index (χ1) is 8.81. The molecule has 0 radical (unpaired) electrons. The number of methoxy groups -OCH3 is 1. The van der Waals surface area contributed by atoms with E-state index in [2.05, 4.69) is 0 Å². The van der Waals surface area contributed by atoms with E-state index in [1.54, 1.807) is 24.3 Å². The predicted octanol–water partition coefficient (Wildman–Crippen LogP) is 4.36. The third-order valence-electron chi connectivity index (χ3n) is 2.54. The lowest BCUT2D eigenvalue weighted by molar-refractivity contribution is -0.158. The average Bonchev–Trinajstić information content (AvgIpc) is 2.33. The van der Waals surface area contributed by atoms with E-state index in [1.807, 2.05) is 13.8 Å². The third-order valence-corrected chi connectivity index (χ3v) is 2.54. The van der Waals surface area contributed by atoms with E-state index in [0.29, 0.717) is 23.8 Å².